The topological polar surface area (TPSA) is 81.8 Å². The summed E-state index contributed by atoms with van der Waals surface area (Å²) in [5, 5.41) is 9.07. The van der Waals surface area contributed by atoms with Gasteiger partial charge in [-0.2, -0.15) is 13.2 Å². The van der Waals surface area contributed by atoms with E-state index in [9.17, 15) is 22.9 Å². The van der Waals surface area contributed by atoms with Gasteiger partial charge in [0.05, 0.1) is 12.0 Å². The first-order valence-electron chi connectivity index (χ1n) is 9.37. The number of aryl methyl sites for hydroxylation is 1. The van der Waals surface area contributed by atoms with Crippen molar-refractivity contribution in [2.45, 2.75) is 26.1 Å². The number of aromatic nitrogens is 1. The van der Waals surface area contributed by atoms with Gasteiger partial charge in [-0.15, -0.1) is 16.2 Å². The molecule has 0 atom stereocenters. The fraction of sp³-hybridized carbons (Fsp3) is 0.182. The molecule has 0 fully saturated rings. The Morgan fingerprint density at radius 1 is 1.19 bits per heavy atom. The van der Waals surface area contributed by atoms with Crippen LogP contribution in [0, 0.1) is 11.8 Å². The van der Waals surface area contributed by atoms with E-state index in [2.05, 4.69) is 10.3 Å². The van der Waals surface area contributed by atoms with E-state index in [1.165, 1.54) is 23.5 Å². The number of fused-ring (bicyclic) bond motifs is 1. The molecule has 0 aliphatic rings. The maximum absolute atomic E-state index is 12.7. The van der Waals surface area contributed by atoms with E-state index in [1.54, 1.807) is 6.07 Å². The summed E-state index contributed by atoms with van der Waals surface area (Å²) in [6, 6.07) is 9.87. The smallest absolute Gasteiger partial charge is 0.416 e. The summed E-state index contributed by atoms with van der Waals surface area (Å²) in [5.41, 5.74) is 1.85. The molecule has 2 aromatic carbocycles. The summed E-state index contributed by atoms with van der Waals surface area (Å²) < 4.78 is 50.1. The minimum atomic E-state index is -4.40. The summed E-state index contributed by atoms with van der Waals surface area (Å²) in [6.45, 7) is 1.98. The lowest BCUT2D eigenvalue weighted by atomic mass is 10.0. The summed E-state index contributed by atoms with van der Waals surface area (Å²) in [4.78, 5) is 21.8. The highest BCUT2D eigenvalue weighted by atomic mass is 32.1. The second-order valence-corrected chi connectivity index (χ2v) is 7.99. The number of rotatable bonds is 6. The molecule has 2 aromatic heterocycles. The number of carbonyl (C=O) groups is 1. The van der Waals surface area contributed by atoms with Crippen LogP contribution in [0.4, 0.5) is 13.2 Å². The molecule has 0 spiro atoms. The molecule has 32 heavy (non-hydrogen) atoms. The molecule has 2 heterocycles. The average molecular weight is 460 g/mol. The summed E-state index contributed by atoms with van der Waals surface area (Å²) in [7, 11) is 0. The van der Waals surface area contributed by atoms with Crippen molar-refractivity contribution in [2.24, 2.45) is 5.18 Å². The molecule has 0 saturated heterocycles. The number of halogens is 3. The molecule has 0 aliphatic heterocycles. The first kappa shape index (κ1) is 21.7. The number of hydrogen-bond acceptors (Lipinski definition) is 6. The summed E-state index contributed by atoms with van der Waals surface area (Å²) in [5.74, 6) is 0.196. The summed E-state index contributed by atoms with van der Waals surface area (Å²) in [6.07, 6.45) is -4.45. The van der Waals surface area contributed by atoms with Crippen LogP contribution in [0.15, 0.2) is 57.5 Å². The number of thiophene rings is 1. The van der Waals surface area contributed by atoms with Crippen LogP contribution in [-0.4, -0.2) is 11.1 Å². The van der Waals surface area contributed by atoms with Crippen molar-refractivity contribution in [1.82, 2.24) is 5.16 Å². The van der Waals surface area contributed by atoms with Crippen molar-refractivity contribution >= 4 is 27.3 Å². The van der Waals surface area contributed by atoms with Crippen LogP contribution in [0.2, 0.25) is 0 Å². The van der Waals surface area contributed by atoms with Gasteiger partial charge in [0, 0.05) is 21.5 Å². The van der Waals surface area contributed by atoms with Crippen molar-refractivity contribution in [2.75, 3.05) is 0 Å². The zero-order valence-corrected chi connectivity index (χ0v) is 17.4. The zero-order chi connectivity index (χ0) is 22.9. The number of nitrogens with zero attached hydrogens (tertiary/aromatic N) is 2. The Morgan fingerprint density at radius 3 is 2.62 bits per heavy atom. The SMILES string of the molecule is Cc1cc(OCc2cc(-c3ccc(C(F)(F)F)cc3)on2)cc2scc(CC(=O)N=O)c12. The number of alkyl halides is 3. The number of ether oxygens (including phenoxy) is 1. The van der Waals surface area contributed by atoms with Gasteiger partial charge >= 0.3 is 6.18 Å². The minimum Gasteiger partial charge on any atom is -0.487 e. The molecule has 6 nitrogen and oxygen atoms in total. The third kappa shape index (κ3) is 4.54. The van der Waals surface area contributed by atoms with Gasteiger partial charge in [-0.05, 0) is 53.1 Å². The highest BCUT2D eigenvalue weighted by Crippen LogP contribution is 2.34. The van der Waals surface area contributed by atoms with Gasteiger partial charge in [0.25, 0.3) is 5.91 Å². The molecule has 164 valence electrons. The Balaban J connectivity index is 1.47. The second kappa shape index (κ2) is 8.54. The normalized spacial score (nSPS) is 11.6. The molecule has 0 saturated carbocycles. The van der Waals surface area contributed by atoms with Gasteiger partial charge in [0.1, 0.15) is 18.1 Å². The quantitative estimate of drug-likeness (QED) is 0.316. The maximum Gasteiger partial charge on any atom is 0.416 e. The number of nitroso groups, excluding NO2 is 1. The van der Waals surface area contributed by atoms with Gasteiger partial charge < -0.3 is 9.26 Å². The lowest BCUT2D eigenvalue weighted by Gasteiger charge is -2.07. The lowest BCUT2D eigenvalue weighted by Crippen LogP contribution is -2.03. The Morgan fingerprint density at radius 2 is 1.94 bits per heavy atom. The molecule has 0 radical (unpaired) electrons. The monoisotopic (exact) mass is 460 g/mol. The van der Waals surface area contributed by atoms with E-state index in [0.29, 0.717) is 22.8 Å². The van der Waals surface area contributed by atoms with Crippen molar-refractivity contribution in [3.05, 3.63) is 75.1 Å². The molecule has 0 N–H and O–H groups in total. The molecular weight excluding hydrogens is 445 g/mol. The predicted octanol–water partition coefficient (Wildman–Crippen LogP) is 6.30. The fourth-order valence-electron chi connectivity index (χ4n) is 3.33. The van der Waals surface area contributed by atoms with Gasteiger partial charge in [-0.25, -0.2) is 0 Å². The van der Waals surface area contributed by atoms with Gasteiger partial charge in [0.2, 0.25) is 0 Å². The third-order valence-corrected chi connectivity index (χ3v) is 5.79. The van der Waals surface area contributed by atoms with Crippen molar-refractivity contribution < 1.29 is 27.2 Å². The second-order valence-electron chi connectivity index (χ2n) is 7.08. The predicted molar refractivity (Wildman–Crippen MR) is 112 cm³/mol. The first-order chi connectivity index (χ1) is 15.2. The van der Waals surface area contributed by atoms with E-state index < -0.39 is 17.6 Å². The minimum absolute atomic E-state index is 0.0454. The van der Waals surface area contributed by atoms with E-state index in [1.807, 2.05) is 24.4 Å². The van der Waals surface area contributed by atoms with Gasteiger partial charge in [-0.3, -0.25) is 4.79 Å². The molecule has 1 amide bonds. The van der Waals surface area contributed by atoms with Crippen LogP contribution in [0.1, 0.15) is 22.4 Å². The van der Waals surface area contributed by atoms with Crippen molar-refractivity contribution in [1.29, 1.82) is 0 Å². The van der Waals surface area contributed by atoms with Crippen LogP contribution in [0.3, 0.4) is 0 Å². The van der Waals surface area contributed by atoms with Crippen LogP contribution >= 0.6 is 11.3 Å². The third-order valence-electron chi connectivity index (χ3n) is 4.81. The van der Waals surface area contributed by atoms with Crippen LogP contribution in [-0.2, 0) is 24.0 Å². The Labute approximate surface area is 183 Å². The maximum atomic E-state index is 12.7. The fourth-order valence-corrected chi connectivity index (χ4v) is 4.39. The molecule has 10 heteroatoms. The molecule has 4 aromatic rings. The summed E-state index contributed by atoms with van der Waals surface area (Å²) >= 11 is 1.43. The molecule has 0 unspecified atom stereocenters. The largest absolute Gasteiger partial charge is 0.487 e. The van der Waals surface area contributed by atoms with Gasteiger partial charge in [-0.1, -0.05) is 17.3 Å². The Hall–Kier alpha value is -3.53. The van der Waals surface area contributed by atoms with Crippen LogP contribution in [0.5, 0.6) is 5.75 Å². The van der Waals surface area contributed by atoms with E-state index in [-0.39, 0.29) is 13.0 Å². The van der Waals surface area contributed by atoms with E-state index in [4.69, 9.17) is 9.26 Å². The highest BCUT2D eigenvalue weighted by Gasteiger charge is 2.30. The van der Waals surface area contributed by atoms with E-state index >= 15 is 0 Å². The van der Waals surface area contributed by atoms with Gasteiger partial charge in [0.15, 0.2) is 5.76 Å². The van der Waals surface area contributed by atoms with Crippen molar-refractivity contribution in [3.63, 3.8) is 0 Å². The average Bonchev–Trinajstić information content (AvgIpc) is 3.39. The number of amides is 1. The van der Waals surface area contributed by atoms with Crippen LogP contribution < -0.4 is 4.74 Å². The Bertz CT molecular complexity index is 1290. The number of benzene rings is 2. The highest BCUT2D eigenvalue weighted by molar-refractivity contribution is 7.17. The van der Waals surface area contributed by atoms with Crippen LogP contribution in [0.25, 0.3) is 21.4 Å². The standard InChI is InChI=1S/C22H15F3N2O4S/c1-12-6-17(9-19-21(12)14(11-32-19)7-20(28)26-29)30-10-16-8-18(31-27-16)13-2-4-15(5-3-13)22(23,24)25/h2-6,8-9,11H,7,10H2,1H3. The zero-order valence-electron chi connectivity index (χ0n) is 16.6. The molecule has 0 aliphatic carbocycles. The molecule has 4 rings (SSSR count). The first-order valence-corrected chi connectivity index (χ1v) is 10.3. The molecule has 0 bridgehead atoms. The Kier molecular flexibility index (Phi) is 5.79. The van der Waals surface area contributed by atoms with Crippen molar-refractivity contribution in [3.8, 4) is 17.1 Å². The number of carbonyl (C=O) groups excluding carboxylic acids is 1. The molecular formula is C22H15F3N2O4S. The number of hydrogen-bond donors (Lipinski definition) is 0. The lowest BCUT2D eigenvalue weighted by molar-refractivity contribution is -0.137. The van der Waals surface area contributed by atoms with E-state index in [0.717, 1.165) is 33.3 Å².